The molecule has 1 heterocycles. The normalized spacial score (nSPS) is 18.8. The van der Waals surface area contributed by atoms with Gasteiger partial charge in [-0.1, -0.05) is 0 Å². The Labute approximate surface area is 93.1 Å². The van der Waals surface area contributed by atoms with Gasteiger partial charge in [0.1, 0.15) is 0 Å². The maximum atomic E-state index is 5.32. The number of hydrogen-bond donors (Lipinski definition) is 0. The summed E-state index contributed by atoms with van der Waals surface area (Å²) in [6.45, 7) is 10.3. The van der Waals surface area contributed by atoms with E-state index >= 15 is 0 Å². The molecule has 15 heavy (non-hydrogen) atoms. The minimum atomic E-state index is 0.833. The molecule has 1 saturated heterocycles. The van der Waals surface area contributed by atoms with E-state index < -0.39 is 0 Å². The predicted octanol–water partition coefficient (Wildman–Crippen LogP) is 0.635. The van der Waals surface area contributed by atoms with Crippen molar-refractivity contribution in [3.63, 3.8) is 0 Å². The largest absolute Gasteiger partial charge is 0.383 e. The molecule has 1 aliphatic rings. The molecule has 1 fully saturated rings. The van der Waals surface area contributed by atoms with E-state index in [-0.39, 0.29) is 0 Å². The first-order valence-corrected chi connectivity index (χ1v) is 5.88. The van der Waals surface area contributed by atoms with Gasteiger partial charge in [0.15, 0.2) is 0 Å². The second-order valence-electron chi connectivity index (χ2n) is 3.92. The van der Waals surface area contributed by atoms with Gasteiger partial charge in [0, 0.05) is 46.5 Å². The summed E-state index contributed by atoms with van der Waals surface area (Å²) in [6.07, 6.45) is 1.14. The second kappa shape index (κ2) is 8.05. The van der Waals surface area contributed by atoms with Gasteiger partial charge in [-0.15, -0.1) is 0 Å². The Kier molecular flexibility index (Phi) is 6.92. The number of ether oxygens (including phenoxy) is 2. The van der Waals surface area contributed by atoms with Gasteiger partial charge in [0.25, 0.3) is 0 Å². The van der Waals surface area contributed by atoms with Crippen molar-refractivity contribution in [2.24, 2.45) is 0 Å². The topological polar surface area (TPSA) is 24.9 Å². The van der Waals surface area contributed by atoms with E-state index in [1.807, 2.05) is 6.92 Å². The van der Waals surface area contributed by atoms with Crippen molar-refractivity contribution in [1.29, 1.82) is 0 Å². The van der Waals surface area contributed by atoms with Gasteiger partial charge >= 0.3 is 0 Å². The third kappa shape index (κ3) is 5.47. The molecule has 90 valence electrons. The van der Waals surface area contributed by atoms with Gasteiger partial charge in [-0.25, -0.2) is 0 Å². The van der Waals surface area contributed by atoms with E-state index in [1.54, 1.807) is 7.11 Å². The fraction of sp³-hybridized carbons (Fsp3) is 1.00. The van der Waals surface area contributed by atoms with Crippen LogP contribution in [0.4, 0.5) is 0 Å². The van der Waals surface area contributed by atoms with Crippen LogP contribution in [-0.4, -0.2) is 69.6 Å². The zero-order valence-corrected chi connectivity index (χ0v) is 10.1. The number of nitrogens with zero attached hydrogens (tertiary/aromatic N) is 2. The van der Waals surface area contributed by atoms with E-state index in [1.165, 1.54) is 13.1 Å². The summed E-state index contributed by atoms with van der Waals surface area (Å²) in [6, 6.07) is 0. The maximum absolute atomic E-state index is 5.32. The first-order chi connectivity index (χ1) is 7.36. The van der Waals surface area contributed by atoms with E-state index in [0.29, 0.717) is 0 Å². The Balaban J connectivity index is 1.98. The van der Waals surface area contributed by atoms with E-state index in [2.05, 4.69) is 9.80 Å². The molecule has 0 atom stereocenters. The molecule has 4 heteroatoms. The molecule has 1 aliphatic heterocycles. The minimum absolute atomic E-state index is 0.833. The number of hydrogen-bond acceptors (Lipinski definition) is 4. The van der Waals surface area contributed by atoms with Crippen LogP contribution in [0.25, 0.3) is 0 Å². The van der Waals surface area contributed by atoms with Crippen LogP contribution in [0.2, 0.25) is 0 Å². The summed E-state index contributed by atoms with van der Waals surface area (Å²) >= 11 is 0. The fourth-order valence-corrected chi connectivity index (χ4v) is 1.83. The number of rotatable bonds is 8. The summed E-state index contributed by atoms with van der Waals surface area (Å²) in [5, 5.41) is 0. The molecule has 4 nitrogen and oxygen atoms in total. The molecule has 0 unspecified atom stereocenters. The summed E-state index contributed by atoms with van der Waals surface area (Å²) in [5.41, 5.74) is 0. The molecule has 0 aromatic rings. The molecule has 0 aromatic carbocycles. The molecule has 0 aromatic heterocycles. The van der Waals surface area contributed by atoms with Gasteiger partial charge in [-0.3, -0.25) is 9.80 Å². The van der Waals surface area contributed by atoms with Crippen molar-refractivity contribution in [1.82, 2.24) is 9.80 Å². The van der Waals surface area contributed by atoms with Crippen LogP contribution in [0, 0.1) is 0 Å². The van der Waals surface area contributed by atoms with E-state index in [0.717, 1.165) is 46.0 Å². The average Bonchev–Trinajstić information content (AvgIpc) is 2.69. The van der Waals surface area contributed by atoms with Gasteiger partial charge in [-0.05, 0) is 13.3 Å². The summed E-state index contributed by atoms with van der Waals surface area (Å²) in [4.78, 5) is 4.92. The third-order valence-electron chi connectivity index (χ3n) is 2.71. The highest BCUT2D eigenvalue weighted by Crippen LogP contribution is 2.04. The molecule has 0 radical (unpaired) electrons. The monoisotopic (exact) mass is 216 g/mol. The van der Waals surface area contributed by atoms with Crippen LogP contribution in [0.5, 0.6) is 0 Å². The third-order valence-corrected chi connectivity index (χ3v) is 2.71. The van der Waals surface area contributed by atoms with Crippen molar-refractivity contribution in [2.45, 2.75) is 13.3 Å². The fourth-order valence-electron chi connectivity index (χ4n) is 1.83. The lowest BCUT2D eigenvalue weighted by Crippen LogP contribution is -2.29. The summed E-state index contributed by atoms with van der Waals surface area (Å²) in [7, 11) is 1.76. The Morgan fingerprint density at radius 2 is 1.80 bits per heavy atom. The second-order valence-corrected chi connectivity index (χ2v) is 3.92. The molecule has 0 spiro atoms. The Morgan fingerprint density at radius 1 is 1.07 bits per heavy atom. The Morgan fingerprint density at radius 3 is 2.47 bits per heavy atom. The zero-order valence-electron chi connectivity index (χ0n) is 10.1. The van der Waals surface area contributed by atoms with Crippen LogP contribution in [0.3, 0.4) is 0 Å². The van der Waals surface area contributed by atoms with Crippen molar-refractivity contribution in [3.8, 4) is 0 Å². The highest BCUT2D eigenvalue weighted by Gasteiger charge is 2.18. The Hall–Kier alpha value is -0.160. The van der Waals surface area contributed by atoms with Crippen LogP contribution in [0.1, 0.15) is 13.3 Å². The maximum Gasteiger partial charge on any atom is 0.0590 e. The first kappa shape index (κ1) is 12.9. The zero-order chi connectivity index (χ0) is 10.9. The van der Waals surface area contributed by atoms with Crippen molar-refractivity contribution >= 4 is 0 Å². The van der Waals surface area contributed by atoms with Gasteiger partial charge < -0.3 is 9.47 Å². The van der Waals surface area contributed by atoms with Crippen LogP contribution in [-0.2, 0) is 9.47 Å². The average molecular weight is 216 g/mol. The Bertz CT molecular complexity index is 156. The van der Waals surface area contributed by atoms with Gasteiger partial charge in [0.05, 0.1) is 13.3 Å². The van der Waals surface area contributed by atoms with Crippen molar-refractivity contribution in [2.75, 3.05) is 59.8 Å². The highest BCUT2D eigenvalue weighted by atomic mass is 16.5. The predicted molar refractivity (Wildman–Crippen MR) is 61.0 cm³/mol. The molecule has 1 rings (SSSR count). The van der Waals surface area contributed by atoms with Gasteiger partial charge in [0.2, 0.25) is 0 Å². The first-order valence-electron chi connectivity index (χ1n) is 5.88. The molecule has 0 bridgehead atoms. The lowest BCUT2D eigenvalue weighted by atomic mass is 10.4. The molecular weight excluding hydrogens is 192 g/mol. The van der Waals surface area contributed by atoms with Crippen molar-refractivity contribution < 1.29 is 9.47 Å². The number of methoxy groups -OCH3 is 1. The van der Waals surface area contributed by atoms with E-state index in [9.17, 15) is 0 Å². The lowest BCUT2D eigenvalue weighted by Gasteiger charge is -2.17. The summed E-state index contributed by atoms with van der Waals surface area (Å²) < 4.78 is 10.4. The molecule has 0 N–H and O–H groups in total. The van der Waals surface area contributed by atoms with Crippen LogP contribution < -0.4 is 0 Å². The quantitative estimate of drug-likeness (QED) is 0.556. The van der Waals surface area contributed by atoms with Crippen LogP contribution in [0.15, 0.2) is 0 Å². The molecule has 0 saturated carbocycles. The lowest BCUT2D eigenvalue weighted by molar-refractivity contribution is 0.126. The molecule has 0 amide bonds. The van der Waals surface area contributed by atoms with Crippen molar-refractivity contribution in [3.05, 3.63) is 0 Å². The minimum Gasteiger partial charge on any atom is -0.383 e. The standard InChI is InChI=1S/C11H24N2O2/c1-3-15-9-4-5-12-6-7-13(11-12)8-10-14-2/h3-11H2,1-2H3. The van der Waals surface area contributed by atoms with Gasteiger partial charge in [-0.2, -0.15) is 0 Å². The molecule has 0 aliphatic carbocycles. The molecular formula is C11H24N2O2. The van der Waals surface area contributed by atoms with Crippen LogP contribution >= 0.6 is 0 Å². The smallest absolute Gasteiger partial charge is 0.0590 e. The van der Waals surface area contributed by atoms with E-state index in [4.69, 9.17) is 9.47 Å². The summed E-state index contributed by atoms with van der Waals surface area (Å²) in [5.74, 6) is 0. The SMILES string of the molecule is CCOCCCN1CCN(CCOC)C1. The highest BCUT2D eigenvalue weighted by molar-refractivity contribution is 4.70.